The summed E-state index contributed by atoms with van der Waals surface area (Å²) in [6.07, 6.45) is 4.82. The van der Waals surface area contributed by atoms with Gasteiger partial charge in [-0.25, -0.2) is 0 Å². The third-order valence-corrected chi connectivity index (χ3v) is 3.86. The summed E-state index contributed by atoms with van der Waals surface area (Å²) in [5, 5.41) is 3.54. The molecule has 0 saturated carbocycles. The van der Waals surface area contributed by atoms with Gasteiger partial charge in [-0.15, -0.1) is 0 Å². The molecule has 1 fully saturated rings. The second-order valence-corrected chi connectivity index (χ2v) is 5.78. The zero-order chi connectivity index (χ0) is 14.9. The number of ether oxygens (including phenoxy) is 1. The van der Waals surface area contributed by atoms with Crippen LogP contribution in [0.1, 0.15) is 25.7 Å². The first-order chi connectivity index (χ1) is 10.2. The summed E-state index contributed by atoms with van der Waals surface area (Å²) in [5.41, 5.74) is 0. The highest BCUT2D eigenvalue weighted by Gasteiger charge is 2.10. The van der Waals surface area contributed by atoms with Crippen LogP contribution in [0.4, 0.5) is 0 Å². The van der Waals surface area contributed by atoms with Gasteiger partial charge in [-0.3, -0.25) is 4.79 Å². The molecule has 1 aliphatic rings. The fourth-order valence-corrected chi connectivity index (χ4v) is 2.55. The Morgan fingerprint density at radius 3 is 2.62 bits per heavy atom. The molecule has 0 aliphatic carbocycles. The SMILES string of the molecule is O=C(COc1ccc(Cl)cc1)NCCCCN1CCCC1. The minimum Gasteiger partial charge on any atom is -0.484 e. The number of hydrogen-bond acceptors (Lipinski definition) is 3. The Hall–Kier alpha value is -1.26. The summed E-state index contributed by atoms with van der Waals surface area (Å²) in [4.78, 5) is 14.1. The summed E-state index contributed by atoms with van der Waals surface area (Å²) < 4.78 is 5.38. The average Bonchev–Trinajstić information content (AvgIpc) is 2.99. The van der Waals surface area contributed by atoms with Gasteiger partial charge in [0.15, 0.2) is 6.61 Å². The molecule has 4 nitrogen and oxygen atoms in total. The number of hydrogen-bond donors (Lipinski definition) is 1. The fraction of sp³-hybridized carbons (Fsp3) is 0.562. The molecular weight excluding hydrogens is 288 g/mol. The zero-order valence-electron chi connectivity index (χ0n) is 12.3. The smallest absolute Gasteiger partial charge is 0.257 e. The van der Waals surface area contributed by atoms with Gasteiger partial charge in [0.25, 0.3) is 5.91 Å². The van der Waals surface area contributed by atoms with E-state index in [9.17, 15) is 4.79 Å². The van der Waals surface area contributed by atoms with Crippen molar-refractivity contribution in [1.82, 2.24) is 10.2 Å². The molecule has 1 aromatic rings. The van der Waals surface area contributed by atoms with Crippen molar-refractivity contribution in [2.24, 2.45) is 0 Å². The number of halogens is 1. The van der Waals surface area contributed by atoms with Crippen LogP contribution in [0.3, 0.4) is 0 Å². The van der Waals surface area contributed by atoms with E-state index in [1.807, 2.05) is 0 Å². The highest BCUT2D eigenvalue weighted by molar-refractivity contribution is 6.30. The first-order valence-electron chi connectivity index (χ1n) is 7.61. The minimum atomic E-state index is -0.0777. The van der Waals surface area contributed by atoms with Crippen molar-refractivity contribution in [1.29, 1.82) is 0 Å². The van der Waals surface area contributed by atoms with Crippen LogP contribution in [-0.2, 0) is 4.79 Å². The summed E-state index contributed by atoms with van der Waals surface area (Å²) in [5.74, 6) is 0.578. The normalized spacial score (nSPS) is 15.1. The number of amides is 1. The van der Waals surface area contributed by atoms with E-state index in [4.69, 9.17) is 16.3 Å². The molecule has 1 aromatic carbocycles. The van der Waals surface area contributed by atoms with Crippen LogP contribution in [-0.4, -0.2) is 43.6 Å². The highest BCUT2D eigenvalue weighted by Crippen LogP contribution is 2.15. The Labute approximate surface area is 131 Å². The van der Waals surface area contributed by atoms with Crippen molar-refractivity contribution in [3.8, 4) is 5.75 Å². The molecule has 2 rings (SSSR count). The molecule has 21 heavy (non-hydrogen) atoms. The molecule has 1 heterocycles. The number of nitrogens with one attached hydrogen (secondary N) is 1. The molecule has 0 radical (unpaired) electrons. The van der Waals surface area contributed by atoms with E-state index < -0.39 is 0 Å². The number of likely N-dealkylation sites (tertiary alicyclic amines) is 1. The standard InChI is InChI=1S/C16H23ClN2O2/c17-14-5-7-15(8-6-14)21-13-16(20)18-9-1-2-10-19-11-3-4-12-19/h5-8H,1-4,9-13H2,(H,18,20). The maximum absolute atomic E-state index is 11.6. The summed E-state index contributed by atoms with van der Waals surface area (Å²) >= 11 is 5.78. The van der Waals surface area contributed by atoms with Gasteiger partial charge in [0.05, 0.1) is 0 Å². The molecule has 1 saturated heterocycles. The van der Waals surface area contributed by atoms with Gasteiger partial charge in [-0.05, 0) is 69.6 Å². The van der Waals surface area contributed by atoms with Gasteiger partial charge >= 0.3 is 0 Å². The van der Waals surface area contributed by atoms with Crippen molar-refractivity contribution in [3.05, 3.63) is 29.3 Å². The van der Waals surface area contributed by atoms with Crippen LogP contribution < -0.4 is 10.1 Å². The van der Waals surface area contributed by atoms with Crippen LogP contribution >= 0.6 is 11.6 Å². The largest absolute Gasteiger partial charge is 0.484 e. The van der Waals surface area contributed by atoms with Crippen molar-refractivity contribution >= 4 is 17.5 Å². The Bertz CT molecular complexity index is 430. The number of nitrogens with zero attached hydrogens (tertiary/aromatic N) is 1. The Morgan fingerprint density at radius 2 is 1.90 bits per heavy atom. The van der Waals surface area contributed by atoms with Crippen LogP contribution in [0.15, 0.2) is 24.3 Å². The van der Waals surface area contributed by atoms with Crippen LogP contribution in [0.2, 0.25) is 5.02 Å². The zero-order valence-corrected chi connectivity index (χ0v) is 13.1. The van der Waals surface area contributed by atoms with Gasteiger partial charge in [0.2, 0.25) is 0 Å². The predicted molar refractivity (Wildman–Crippen MR) is 84.9 cm³/mol. The van der Waals surface area contributed by atoms with E-state index in [0.717, 1.165) is 25.9 Å². The van der Waals surface area contributed by atoms with Crippen LogP contribution in [0.5, 0.6) is 5.75 Å². The van der Waals surface area contributed by atoms with Crippen LogP contribution in [0.25, 0.3) is 0 Å². The molecule has 0 spiro atoms. The Morgan fingerprint density at radius 1 is 1.19 bits per heavy atom. The molecule has 1 amide bonds. The van der Waals surface area contributed by atoms with Crippen molar-refractivity contribution in [3.63, 3.8) is 0 Å². The summed E-state index contributed by atoms with van der Waals surface area (Å²) in [6, 6.07) is 7.00. The van der Waals surface area contributed by atoms with E-state index in [2.05, 4.69) is 10.2 Å². The lowest BCUT2D eigenvalue weighted by Crippen LogP contribution is -2.30. The molecule has 1 N–H and O–H groups in total. The second-order valence-electron chi connectivity index (χ2n) is 5.35. The predicted octanol–water partition coefficient (Wildman–Crippen LogP) is 2.71. The average molecular weight is 311 g/mol. The minimum absolute atomic E-state index is 0.0494. The van der Waals surface area contributed by atoms with E-state index in [-0.39, 0.29) is 12.5 Å². The highest BCUT2D eigenvalue weighted by atomic mass is 35.5. The molecule has 0 aromatic heterocycles. The molecule has 1 aliphatic heterocycles. The third kappa shape index (κ3) is 6.36. The molecule has 116 valence electrons. The van der Waals surface area contributed by atoms with Crippen molar-refractivity contribution in [2.75, 3.05) is 32.8 Å². The van der Waals surface area contributed by atoms with E-state index in [1.165, 1.54) is 25.9 Å². The van der Waals surface area contributed by atoms with Crippen LogP contribution in [0, 0.1) is 0 Å². The van der Waals surface area contributed by atoms with E-state index in [1.54, 1.807) is 24.3 Å². The Kier molecular flexibility index (Phi) is 6.83. The fourth-order valence-electron chi connectivity index (χ4n) is 2.43. The monoisotopic (exact) mass is 310 g/mol. The van der Waals surface area contributed by atoms with Crippen molar-refractivity contribution < 1.29 is 9.53 Å². The molecule has 5 heteroatoms. The third-order valence-electron chi connectivity index (χ3n) is 3.61. The van der Waals surface area contributed by atoms with Gasteiger partial charge in [-0.2, -0.15) is 0 Å². The number of carbonyl (C=O) groups excluding carboxylic acids is 1. The quantitative estimate of drug-likeness (QED) is 0.751. The molecule has 0 unspecified atom stereocenters. The Balaban J connectivity index is 1.50. The maximum atomic E-state index is 11.6. The van der Waals surface area contributed by atoms with Gasteiger partial charge < -0.3 is 15.0 Å². The topological polar surface area (TPSA) is 41.6 Å². The number of benzene rings is 1. The van der Waals surface area contributed by atoms with E-state index in [0.29, 0.717) is 10.8 Å². The molecular formula is C16H23ClN2O2. The summed E-state index contributed by atoms with van der Waals surface area (Å²) in [7, 11) is 0. The lowest BCUT2D eigenvalue weighted by atomic mass is 10.3. The van der Waals surface area contributed by atoms with Gasteiger partial charge in [0, 0.05) is 11.6 Å². The van der Waals surface area contributed by atoms with Gasteiger partial charge in [0.1, 0.15) is 5.75 Å². The second kappa shape index (κ2) is 8.90. The molecule has 0 atom stereocenters. The lowest BCUT2D eigenvalue weighted by molar-refractivity contribution is -0.123. The number of rotatable bonds is 8. The maximum Gasteiger partial charge on any atom is 0.257 e. The summed E-state index contributed by atoms with van der Waals surface area (Å²) in [6.45, 7) is 4.39. The number of unbranched alkanes of at least 4 members (excludes halogenated alkanes) is 1. The van der Waals surface area contributed by atoms with Gasteiger partial charge in [-0.1, -0.05) is 11.6 Å². The molecule has 0 bridgehead atoms. The number of carbonyl (C=O) groups is 1. The van der Waals surface area contributed by atoms with Crippen molar-refractivity contribution in [2.45, 2.75) is 25.7 Å². The van der Waals surface area contributed by atoms with E-state index >= 15 is 0 Å². The first kappa shape index (κ1) is 16.1. The lowest BCUT2D eigenvalue weighted by Gasteiger charge is -2.14. The first-order valence-corrected chi connectivity index (χ1v) is 7.99.